The third kappa shape index (κ3) is 3.46. The molecule has 0 aliphatic rings. The zero-order valence-corrected chi connectivity index (χ0v) is 13.4. The van der Waals surface area contributed by atoms with Crippen LogP contribution in [0.4, 0.5) is 0 Å². The van der Waals surface area contributed by atoms with Gasteiger partial charge in [0.15, 0.2) is 0 Å². The summed E-state index contributed by atoms with van der Waals surface area (Å²) in [5.74, 6) is 1.53. The highest BCUT2D eigenvalue weighted by molar-refractivity contribution is 9.10. The van der Waals surface area contributed by atoms with Crippen LogP contribution in [0.3, 0.4) is 0 Å². The van der Waals surface area contributed by atoms with E-state index in [9.17, 15) is 4.79 Å². The molecule has 2 aromatic carbocycles. The number of hydrogen-bond acceptors (Lipinski definition) is 2. The Morgan fingerprint density at radius 1 is 0.909 bits per heavy atom. The van der Waals surface area contributed by atoms with Crippen molar-refractivity contribution in [2.75, 3.05) is 0 Å². The molecule has 22 heavy (non-hydrogen) atoms. The second kappa shape index (κ2) is 6.62. The van der Waals surface area contributed by atoms with E-state index in [2.05, 4.69) is 15.9 Å². The lowest BCUT2D eigenvalue weighted by Crippen LogP contribution is -2.19. The van der Waals surface area contributed by atoms with Gasteiger partial charge in [-0.25, -0.2) is 0 Å². The highest BCUT2D eigenvalue weighted by Gasteiger charge is 2.06. The maximum Gasteiger partial charge on any atom is 0.250 e. The van der Waals surface area contributed by atoms with Gasteiger partial charge in [0.1, 0.15) is 11.5 Å². The van der Waals surface area contributed by atoms with Crippen molar-refractivity contribution >= 4 is 15.9 Å². The molecule has 0 bridgehead atoms. The fourth-order valence-corrected chi connectivity index (χ4v) is 2.54. The number of pyridine rings is 1. The number of nitrogens with zero attached hydrogens (tertiary/aromatic N) is 1. The Balaban J connectivity index is 1.91. The molecule has 1 aromatic heterocycles. The van der Waals surface area contributed by atoms with E-state index in [0.717, 1.165) is 21.5 Å². The van der Waals surface area contributed by atoms with Crippen molar-refractivity contribution < 1.29 is 4.74 Å². The summed E-state index contributed by atoms with van der Waals surface area (Å²) in [7, 11) is 0. The maximum absolute atomic E-state index is 11.9. The predicted molar refractivity (Wildman–Crippen MR) is 90.5 cm³/mol. The van der Waals surface area contributed by atoms with Gasteiger partial charge in [-0.15, -0.1) is 0 Å². The SMILES string of the molecule is O=c1ccc(Br)cn1Cc1ccccc1Oc1ccccc1. The van der Waals surface area contributed by atoms with E-state index in [0.29, 0.717) is 6.54 Å². The van der Waals surface area contributed by atoms with E-state index >= 15 is 0 Å². The summed E-state index contributed by atoms with van der Waals surface area (Å²) in [5.41, 5.74) is 0.907. The van der Waals surface area contributed by atoms with E-state index < -0.39 is 0 Å². The fourth-order valence-electron chi connectivity index (χ4n) is 2.16. The number of ether oxygens (including phenoxy) is 1. The highest BCUT2D eigenvalue weighted by Crippen LogP contribution is 2.25. The number of benzene rings is 2. The molecule has 3 rings (SSSR count). The van der Waals surface area contributed by atoms with Crippen LogP contribution in [0.25, 0.3) is 0 Å². The van der Waals surface area contributed by atoms with Gasteiger partial charge in [-0.2, -0.15) is 0 Å². The molecule has 0 radical (unpaired) electrons. The minimum atomic E-state index is -0.0438. The predicted octanol–water partition coefficient (Wildman–Crippen LogP) is 4.45. The van der Waals surface area contributed by atoms with Crippen molar-refractivity contribution in [2.45, 2.75) is 6.54 Å². The van der Waals surface area contributed by atoms with Gasteiger partial charge in [-0.3, -0.25) is 4.79 Å². The molecule has 3 aromatic rings. The lowest BCUT2D eigenvalue weighted by Gasteiger charge is -2.12. The van der Waals surface area contributed by atoms with E-state index in [1.165, 1.54) is 0 Å². The Kier molecular flexibility index (Phi) is 4.39. The van der Waals surface area contributed by atoms with Crippen molar-refractivity contribution in [3.05, 3.63) is 93.3 Å². The van der Waals surface area contributed by atoms with Gasteiger partial charge in [0, 0.05) is 22.3 Å². The Labute approximate surface area is 136 Å². The van der Waals surface area contributed by atoms with Crippen LogP contribution < -0.4 is 10.3 Å². The normalized spacial score (nSPS) is 10.4. The van der Waals surface area contributed by atoms with Crippen LogP contribution in [-0.2, 0) is 6.54 Å². The van der Waals surface area contributed by atoms with Crippen molar-refractivity contribution in [1.29, 1.82) is 0 Å². The first-order valence-corrected chi connectivity index (χ1v) is 7.68. The van der Waals surface area contributed by atoms with Gasteiger partial charge >= 0.3 is 0 Å². The molecule has 0 aliphatic heterocycles. The van der Waals surface area contributed by atoms with Crippen LogP contribution in [0, 0.1) is 0 Å². The molecule has 0 atom stereocenters. The van der Waals surface area contributed by atoms with Crippen molar-refractivity contribution in [3.8, 4) is 11.5 Å². The Bertz CT molecular complexity index is 828. The Morgan fingerprint density at radius 3 is 2.45 bits per heavy atom. The van der Waals surface area contributed by atoms with Gasteiger partial charge < -0.3 is 9.30 Å². The minimum absolute atomic E-state index is 0.0438. The summed E-state index contributed by atoms with van der Waals surface area (Å²) < 4.78 is 8.44. The average molecular weight is 356 g/mol. The number of hydrogen-bond donors (Lipinski definition) is 0. The maximum atomic E-state index is 11.9. The molecular weight excluding hydrogens is 342 g/mol. The molecule has 0 saturated carbocycles. The summed E-state index contributed by atoms with van der Waals surface area (Å²) in [6, 6.07) is 20.6. The van der Waals surface area contributed by atoms with Crippen molar-refractivity contribution in [3.63, 3.8) is 0 Å². The van der Waals surface area contributed by atoms with Crippen LogP contribution >= 0.6 is 15.9 Å². The summed E-state index contributed by atoms with van der Waals surface area (Å²) in [4.78, 5) is 11.9. The second-order valence-corrected chi connectivity index (χ2v) is 5.75. The molecule has 0 spiro atoms. The molecule has 1 heterocycles. The molecule has 3 nitrogen and oxygen atoms in total. The number of halogens is 1. The molecular formula is C18H14BrNO2. The van der Waals surface area contributed by atoms with Crippen molar-refractivity contribution in [2.24, 2.45) is 0 Å². The molecule has 0 saturated heterocycles. The minimum Gasteiger partial charge on any atom is -0.457 e. The fraction of sp³-hybridized carbons (Fsp3) is 0.0556. The molecule has 0 N–H and O–H groups in total. The zero-order chi connectivity index (χ0) is 15.4. The smallest absolute Gasteiger partial charge is 0.250 e. The topological polar surface area (TPSA) is 31.2 Å². The summed E-state index contributed by atoms with van der Waals surface area (Å²) in [6.07, 6.45) is 1.78. The van der Waals surface area contributed by atoms with Crippen LogP contribution in [0.1, 0.15) is 5.56 Å². The average Bonchev–Trinajstić information content (AvgIpc) is 2.54. The van der Waals surface area contributed by atoms with E-state index in [1.807, 2.05) is 54.6 Å². The number of rotatable bonds is 4. The first-order valence-electron chi connectivity index (χ1n) is 6.89. The second-order valence-electron chi connectivity index (χ2n) is 4.84. The number of aromatic nitrogens is 1. The van der Waals surface area contributed by atoms with Crippen LogP contribution in [0.15, 0.2) is 82.2 Å². The zero-order valence-electron chi connectivity index (χ0n) is 11.8. The standard InChI is InChI=1S/C18H14BrNO2/c19-15-10-11-18(21)20(13-15)12-14-6-4-5-9-17(14)22-16-7-2-1-3-8-16/h1-11,13H,12H2. The summed E-state index contributed by atoms with van der Waals surface area (Å²) in [5, 5.41) is 0. The first kappa shape index (κ1) is 14.6. The monoisotopic (exact) mass is 355 g/mol. The molecule has 4 heteroatoms. The third-order valence-electron chi connectivity index (χ3n) is 3.23. The van der Waals surface area contributed by atoms with Gasteiger partial charge in [-0.05, 0) is 40.2 Å². The van der Waals surface area contributed by atoms with E-state index in [-0.39, 0.29) is 5.56 Å². The van der Waals surface area contributed by atoms with Gasteiger partial charge in [-0.1, -0.05) is 36.4 Å². The molecule has 110 valence electrons. The summed E-state index contributed by atoms with van der Waals surface area (Å²) >= 11 is 3.39. The Morgan fingerprint density at radius 2 is 1.64 bits per heavy atom. The van der Waals surface area contributed by atoms with Gasteiger partial charge in [0.2, 0.25) is 0 Å². The molecule has 0 fully saturated rings. The molecule has 0 amide bonds. The van der Waals surface area contributed by atoms with E-state index in [1.54, 1.807) is 22.9 Å². The first-order chi connectivity index (χ1) is 10.7. The molecule has 0 unspecified atom stereocenters. The largest absolute Gasteiger partial charge is 0.457 e. The lowest BCUT2D eigenvalue weighted by atomic mass is 10.2. The van der Waals surface area contributed by atoms with Gasteiger partial charge in [0.25, 0.3) is 5.56 Å². The van der Waals surface area contributed by atoms with Crippen LogP contribution in [-0.4, -0.2) is 4.57 Å². The van der Waals surface area contributed by atoms with E-state index in [4.69, 9.17) is 4.74 Å². The Hall–Kier alpha value is -2.33. The number of para-hydroxylation sites is 2. The third-order valence-corrected chi connectivity index (χ3v) is 3.70. The quantitative estimate of drug-likeness (QED) is 0.692. The summed E-state index contributed by atoms with van der Waals surface area (Å²) in [6.45, 7) is 0.460. The van der Waals surface area contributed by atoms with Crippen LogP contribution in [0.5, 0.6) is 11.5 Å². The lowest BCUT2D eigenvalue weighted by molar-refractivity contribution is 0.473. The van der Waals surface area contributed by atoms with Crippen LogP contribution in [0.2, 0.25) is 0 Å². The highest BCUT2D eigenvalue weighted by atomic mass is 79.9. The van der Waals surface area contributed by atoms with Gasteiger partial charge in [0.05, 0.1) is 6.54 Å². The van der Waals surface area contributed by atoms with Crippen molar-refractivity contribution in [1.82, 2.24) is 4.57 Å². The molecule has 0 aliphatic carbocycles.